The zero-order chi connectivity index (χ0) is 22.2. The first-order valence-corrected chi connectivity index (χ1v) is 10.6. The molecule has 3 rings (SSSR count). The number of hydrogen-bond acceptors (Lipinski definition) is 5. The van der Waals surface area contributed by atoms with E-state index >= 15 is 0 Å². The third-order valence-electron chi connectivity index (χ3n) is 4.89. The van der Waals surface area contributed by atoms with Crippen molar-refractivity contribution in [2.45, 2.75) is 25.8 Å². The molecule has 8 heteroatoms. The average molecular weight is 440 g/mol. The number of benzene rings is 2. The zero-order valence-corrected chi connectivity index (χ0v) is 18.1. The molecule has 1 aliphatic heterocycles. The monoisotopic (exact) mass is 439 g/mol. The molecule has 1 saturated heterocycles. The normalized spacial score (nSPS) is 15.7. The molecule has 2 N–H and O–H groups in total. The summed E-state index contributed by atoms with van der Waals surface area (Å²) in [6.45, 7) is 2.96. The van der Waals surface area contributed by atoms with Crippen LogP contribution in [0.25, 0.3) is 11.1 Å². The van der Waals surface area contributed by atoms with E-state index in [0.29, 0.717) is 31.7 Å². The van der Waals surface area contributed by atoms with Crippen LogP contribution in [-0.2, 0) is 14.3 Å². The predicted molar refractivity (Wildman–Crippen MR) is 121 cm³/mol. The quantitative estimate of drug-likeness (QED) is 0.531. The van der Waals surface area contributed by atoms with E-state index in [0.717, 1.165) is 11.1 Å². The summed E-state index contributed by atoms with van der Waals surface area (Å²) in [5.41, 5.74) is 2.50. The van der Waals surface area contributed by atoms with E-state index in [2.05, 4.69) is 10.6 Å². The summed E-state index contributed by atoms with van der Waals surface area (Å²) in [6.07, 6.45) is 0.567. The first-order chi connectivity index (χ1) is 15.0. The molecular weight excluding hydrogens is 414 g/mol. The molecule has 2 amide bonds. The van der Waals surface area contributed by atoms with E-state index in [1.807, 2.05) is 49.4 Å². The lowest BCUT2D eigenvalue weighted by molar-refractivity contribution is -0.147. The number of esters is 1. The Hall–Kier alpha value is -3.26. The van der Waals surface area contributed by atoms with E-state index < -0.39 is 12.0 Å². The van der Waals surface area contributed by atoms with Gasteiger partial charge in [-0.3, -0.25) is 19.7 Å². The Morgan fingerprint density at radius 2 is 1.81 bits per heavy atom. The van der Waals surface area contributed by atoms with Crippen LogP contribution in [0, 0.1) is 0 Å². The number of piperazine rings is 1. The van der Waals surface area contributed by atoms with E-state index in [4.69, 9.17) is 17.0 Å². The summed E-state index contributed by atoms with van der Waals surface area (Å²) in [7, 11) is 0. The molecule has 162 valence electrons. The minimum Gasteiger partial charge on any atom is -0.466 e. The molecule has 7 nitrogen and oxygen atoms in total. The van der Waals surface area contributed by atoms with Gasteiger partial charge in [0.2, 0.25) is 5.91 Å². The summed E-state index contributed by atoms with van der Waals surface area (Å²) in [5.74, 6) is -1.16. The van der Waals surface area contributed by atoms with Gasteiger partial charge < -0.3 is 15.0 Å². The van der Waals surface area contributed by atoms with Gasteiger partial charge in [0.1, 0.15) is 6.04 Å². The number of thiocarbonyl (C=S) groups is 1. The van der Waals surface area contributed by atoms with Gasteiger partial charge in [-0.15, -0.1) is 0 Å². The SMILES string of the molecule is CCCOC(=O)C[C@H]1C(=O)NCCN1C(=S)NC(=O)c1ccc(-c2ccccc2)cc1. The molecule has 1 aliphatic rings. The molecule has 0 aromatic heterocycles. The third-order valence-corrected chi connectivity index (χ3v) is 5.23. The molecule has 1 heterocycles. The van der Waals surface area contributed by atoms with Crippen LogP contribution in [0.5, 0.6) is 0 Å². The van der Waals surface area contributed by atoms with Gasteiger partial charge in [0, 0.05) is 18.7 Å². The fourth-order valence-electron chi connectivity index (χ4n) is 3.28. The Labute approximate surface area is 186 Å². The molecule has 1 atom stereocenters. The first kappa shape index (κ1) is 22.4. The molecule has 0 saturated carbocycles. The van der Waals surface area contributed by atoms with Gasteiger partial charge in [-0.1, -0.05) is 49.4 Å². The summed E-state index contributed by atoms with van der Waals surface area (Å²) in [4.78, 5) is 38.6. The van der Waals surface area contributed by atoms with Crippen molar-refractivity contribution >= 4 is 35.1 Å². The number of rotatable bonds is 6. The highest BCUT2D eigenvalue weighted by molar-refractivity contribution is 7.80. The fraction of sp³-hybridized carbons (Fsp3) is 0.304. The van der Waals surface area contributed by atoms with Crippen LogP contribution in [0.4, 0.5) is 0 Å². The molecule has 1 fully saturated rings. The maximum atomic E-state index is 12.7. The Balaban J connectivity index is 1.65. The van der Waals surface area contributed by atoms with Crippen LogP contribution in [0.1, 0.15) is 30.1 Å². The van der Waals surface area contributed by atoms with Gasteiger partial charge in [-0.2, -0.15) is 0 Å². The van der Waals surface area contributed by atoms with Crippen molar-refractivity contribution in [1.29, 1.82) is 0 Å². The highest BCUT2D eigenvalue weighted by Crippen LogP contribution is 2.19. The second kappa shape index (κ2) is 10.7. The molecular formula is C23H25N3O4S. The molecule has 0 unspecified atom stereocenters. The molecule has 31 heavy (non-hydrogen) atoms. The number of nitrogens with one attached hydrogen (secondary N) is 2. The van der Waals surface area contributed by atoms with Crippen LogP contribution >= 0.6 is 12.2 Å². The minimum atomic E-state index is -0.814. The van der Waals surface area contributed by atoms with Crippen molar-refractivity contribution in [3.05, 3.63) is 60.2 Å². The van der Waals surface area contributed by atoms with Crippen molar-refractivity contribution < 1.29 is 19.1 Å². The lowest BCUT2D eigenvalue weighted by atomic mass is 10.0. The molecule has 0 bridgehead atoms. The van der Waals surface area contributed by atoms with Crippen molar-refractivity contribution in [3.63, 3.8) is 0 Å². The first-order valence-electron chi connectivity index (χ1n) is 10.2. The Bertz CT molecular complexity index is 947. The second-order valence-corrected chi connectivity index (χ2v) is 7.51. The summed E-state index contributed by atoms with van der Waals surface area (Å²) in [6, 6.07) is 16.2. The van der Waals surface area contributed by atoms with Crippen LogP contribution < -0.4 is 10.6 Å². The van der Waals surface area contributed by atoms with Crippen molar-refractivity contribution in [3.8, 4) is 11.1 Å². The van der Waals surface area contributed by atoms with Gasteiger partial charge >= 0.3 is 5.97 Å². The van der Waals surface area contributed by atoms with E-state index in [1.165, 1.54) is 0 Å². The van der Waals surface area contributed by atoms with Gasteiger partial charge in [0.15, 0.2) is 5.11 Å². The van der Waals surface area contributed by atoms with Gasteiger partial charge in [0.05, 0.1) is 13.0 Å². The Morgan fingerprint density at radius 1 is 1.13 bits per heavy atom. The number of ether oxygens (including phenoxy) is 1. The molecule has 0 radical (unpaired) electrons. The zero-order valence-electron chi connectivity index (χ0n) is 17.3. The van der Waals surface area contributed by atoms with E-state index in [9.17, 15) is 14.4 Å². The number of hydrogen-bond donors (Lipinski definition) is 2. The summed E-state index contributed by atoms with van der Waals surface area (Å²) < 4.78 is 5.09. The van der Waals surface area contributed by atoms with Crippen LogP contribution in [0.3, 0.4) is 0 Å². The number of amides is 2. The van der Waals surface area contributed by atoms with Gasteiger partial charge in [-0.05, 0) is 41.9 Å². The van der Waals surface area contributed by atoms with Gasteiger partial charge in [-0.25, -0.2) is 0 Å². The lowest BCUT2D eigenvalue weighted by Gasteiger charge is -2.36. The maximum Gasteiger partial charge on any atom is 0.308 e. The number of carbonyl (C=O) groups excluding carboxylic acids is 3. The van der Waals surface area contributed by atoms with Gasteiger partial charge in [0.25, 0.3) is 5.91 Å². The second-order valence-electron chi connectivity index (χ2n) is 7.13. The van der Waals surface area contributed by atoms with Crippen molar-refractivity contribution in [2.24, 2.45) is 0 Å². The highest BCUT2D eigenvalue weighted by atomic mass is 32.1. The number of carbonyl (C=O) groups is 3. The van der Waals surface area contributed by atoms with Crippen LogP contribution in [0.15, 0.2) is 54.6 Å². The lowest BCUT2D eigenvalue weighted by Crippen LogP contribution is -2.60. The van der Waals surface area contributed by atoms with Crippen LogP contribution in [0.2, 0.25) is 0 Å². The largest absolute Gasteiger partial charge is 0.466 e. The standard InChI is InChI=1S/C23H25N3O4S/c1-2-14-30-20(27)15-19-22(29)24-12-13-26(19)23(31)25-21(28)18-10-8-17(9-11-18)16-6-4-3-5-7-16/h3-11,19H,2,12-15H2,1H3,(H,24,29)(H,25,28,31)/t19-/m0/s1. The molecule has 0 spiro atoms. The summed E-state index contributed by atoms with van der Waals surface area (Å²) >= 11 is 5.38. The fourth-order valence-corrected chi connectivity index (χ4v) is 3.59. The number of nitrogens with zero attached hydrogens (tertiary/aromatic N) is 1. The molecule has 2 aromatic carbocycles. The third kappa shape index (κ3) is 5.88. The van der Waals surface area contributed by atoms with Crippen LogP contribution in [-0.4, -0.2) is 53.5 Å². The molecule has 0 aliphatic carbocycles. The van der Waals surface area contributed by atoms with Crippen molar-refractivity contribution in [1.82, 2.24) is 15.5 Å². The minimum absolute atomic E-state index is 0.111. The molecule has 2 aromatic rings. The highest BCUT2D eigenvalue weighted by Gasteiger charge is 2.34. The van der Waals surface area contributed by atoms with E-state index in [1.54, 1.807) is 17.0 Å². The average Bonchev–Trinajstić information content (AvgIpc) is 2.79. The smallest absolute Gasteiger partial charge is 0.308 e. The van der Waals surface area contributed by atoms with Crippen molar-refractivity contribution in [2.75, 3.05) is 19.7 Å². The van der Waals surface area contributed by atoms with E-state index in [-0.39, 0.29) is 23.3 Å². The summed E-state index contributed by atoms with van der Waals surface area (Å²) in [5, 5.41) is 5.51. The predicted octanol–water partition coefficient (Wildman–Crippen LogP) is 2.51. The topological polar surface area (TPSA) is 87.7 Å². The maximum absolute atomic E-state index is 12.7. The Morgan fingerprint density at radius 3 is 2.48 bits per heavy atom. The Kier molecular flexibility index (Phi) is 7.72.